The molecule has 0 aliphatic carbocycles. The van der Waals surface area contributed by atoms with Crippen molar-refractivity contribution in [1.29, 1.82) is 0 Å². The number of carbonyl (C=O) groups is 2. The van der Waals surface area contributed by atoms with Gasteiger partial charge in [-0.3, -0.25) is 14.3 Å². The standard InChI is InChI=1S/C24H26BrN3O3/c1-4-21-20(13-23(29)30)22(5-2)28(27-21)14-16-6-9-18(10-7-16)26-24(31)19-11-8-17(25)12-15(19)3/h6-12H,4-5,13-14H2,1-3H3,(H,26,31)(H,29,30). The minimum atomic E-state index is -0.843. The van der Waals surface area contributed by atoms with Crippen LogP contribution in [0.3, 0.4) is 0 Å². The topological polar surface area (TPSA) is 84.2 Å². The van der Waals surface area contributed by atoms with Gasteiger partial charge in [0, 0.05) is 27.0 Å². The van der Waals surface area contributed by atoms with Gasteiger partial charge in [-0.25, -0.2) is 0 Å². The van der Waals surface area contributed by atoms with Gasteiger partial charge in [0.1, 0.15) is 0 Å². The number of nitrogens with one attached hydrogen (secondary N) is 1. The molecule has 1 amide bonds. The van der Waals surface area contributed by atoms with Gasteiger partial charge in [0.25, 0.3) is 5.91 Å². The largest absolute Gasteiger partial charge is 0.481 e. The molecule has 2 aromatic carbocycles. The number of hydrogen-bond donors (Lipinski definition) is 2. The fourth-order valence-corrected chi connectivity index (χ4v) is 4.18. The highest BCUT2D eigenvalue weighted by Gasteiger charge is 2.18. The number of anilines is 1. The van der Waals surface area contributed by atoms with Crippen LogP contribution in [0.1, 0.15) is 52.3 Å². The van der Waals surface area contributed by atoms with Crippen molar-refractivity contribution in [2.45, 2.75) is 46.6 Å². The summed E-state index contributed by atoms with van der Waals surface area (Å²) in [7, 11) is 0. The van der Waals surface area contributed by atoms with E-state index in [4.69, 9.17) is 0 Å². The molecule has 0 aliphatic heterocycles. The highest BCUT2D eigenvalue weighted by atomic mass is 79.9. The molecule has 31 heavy (non-hydrogen) atoms. The number of carboxylic acid groups (broad SMARTS) is 1. The zero-order chi connectivity index (χ0) is 22.5. The average molecular weight is 484 g/mol. The minimum absolute atomic E-state index is 0.00715. The van der Waals surface area contributed by atoms with Crippen molar-refractivity contribution < 1.29 is 14.7 Å². The van der Waals surface area contributed by atoms with Gasteiger partial charge < -0.3 is 10.4 Å². The number of amides is 1. The van der Waals surface area contributed by atoms with E-state index >= 15 is 0 Å². The summed E-state index contributed by atoms with van der Waals surface area (Å²) in [6.45, 7) is 6.46. The molecule has 6 nitrogen and oxygen atoms in total. The van der Waals surface area contributed by atoms with E-state index in [0.717, 1.165) is 39.0 Å². The molecule has 0 bridgehead atoms. The summed E-state index contributed by atoms with van der Waals surface area (Å²) < 4.78 is 2.84. The predicted molar refractivity (Wildman–Crippen MR) is 125 cm³/mol. The molecule has 0 unspecified atom stereocenters. The van der Waals surface area contributed by atoms with Gasteiger partial charge in [0.05, 0.1) is 18.7 Å². The number of benzene rings is 2. The summed E-state index contributed by atoms with van der Waals surface area (Å²) in [5.41, 5.74) is 5.90. The van der Waals surface area contributed by atoms with Crippen LogP contribution in [0.5, 0.6) is 0 Å². The molecule has 3 rings (SSSR count). The van der Waals surface area contributed by atoms with Crippen LogP contribution in [0.4, 0.5) is 5.69 Å². The highest BCUT2D eigenvalue weighted by molar-refractivity contribution is 9.10. The van der Waals surface area contributed by atoms with Crippen LogP contribution in [0.15, 0.2) is 46.9 Å². The molecule has 1 heterocycles. The Morgan fingerprint density at radius 2 is 1.81 bits per heavy atom. The number of halogens is 1. The molecule has 0 saturated heterocycles. The molecule has 0 saturated carbocycles. The maximum absolute atomic E-state index is 12.6. The Kier molecular flexibility index (Phi) is 7.28. The lowest BCUT2D eigenvalue weighted by atomic mass is 10.1. The summed E-state index contributed by atoms with van der Waals surface area (Å²) in [4.78, 5) is 23.8. The van der Waals surface area contributed by atoms with Gasteiger partial charge in [-0.2, -0.15) is 5.10 Å². The Morgan fingerprint density at radius 3 is 2.39 bits per heavy atom. The fraction of sp³-hybridized carbons (Fsp3) is 0.292. The van der Waals surface area contributed by atoms with E-state index in [-0.39, 0.29) is 12.3 Å². The monoisotopic (exact) mass is 483 g/mol. The maximum atomic E-state index is 12.6. The second-order valence-corrected chi connectivity index (χ2v) is 8.33. The van der Waals surface area contributed by atoms with Gasteiger partial charge in [0.15, 0.2) is 0 Å². The smallest absolute Gasteiger partial charge is 0.307 e. The lowest BCUT2D eigenvalue weighted by molar-refractivity contribution is -0.136. The van der Waals surface area contributed by atoms with E-state index in [0.29, 0.717) is 24.2 Å². The molecular formula is C24H26BrN3O3. The number of carbonyl (C=O) groups excluding carboxylic acids is 1. The zero-order valence-electron chi connectivity index (χ0n) is 17.9. The quantitative estimate of drug-likeness (QED) is 0.471. The lowest BCUT2D eigenvalue weighted by Gasteiger charge is -2.10. The molecule has 162 valence electrons. The Labute approximate surface area is 190 Å². The van der Waals surface area contributed by atoms with Crippen LogP contribution in [0.2, 0.25) is 0 Å². The first-order chi connectivity index (χ1) is 14.8. The third kappa shape index (κ3) is 5.41. The molecule has 0 spiro atoms. The summed E-state index contributed by atoms with van der Waals surface area (Å²) in [6.07, 6.45) is 1.41. The second-order valence-electron chi connectivity index (χ2n) is 7.42. The van der Waals surface area contributed by atoms with Crippen molar-refractivity contribution in [3.8, 4) is 0 Å². The van der Waals surface area contributed by atoms with E-state index in [1.165, 1.54) is 0 Å². The van der Waals surface area contributed by atoms with Crippen molar-refractivity contribution in [3.63, 3.8) is 0 Å². The summed E-state index contributed by atoms with van der Waals surface area (Å²) in [6, 6.07) is 13.2. The molecule has 0 fully saturated rings. The number of nitrogens with zero attached hydrogens (tertiary/aromatic N) is 2. The zero-order valence-corrected chi connectivity index (χ0v) is 19.5. The first-order valence-electron chi connectivity index (χ1n) is 10.3. The Balaban J connectivity index is 1.76. The number of aromatic nitrogens is 2. The van der Waals surface area contributed by atoms with Gasteiger partial charge >= 0.3 is 5.97 Å². The number of carboxylic acids is 1. The second kappa shape index (κ2) is 9.92. The maximum Gasteiger partial charge on any atom is 0.307 e. The predicted octanol–water partition coefficient (Wildman–Crippen LogP) is 5.01. The third-order valence-electron chi connectivity index (χ3n) is 5.22. The number of hydrogen-bond acceptors (Lipinski definition) is 3. The molecule has 0 radical (unpaired) electrons. The first-order valence-corrected chi connectivity index (χ1v) is 11.1. The third-order valence-corrected chi connectivity index (χ3v) is 5.72. The highest BCUT2D eigenvalue weighted by Crippen LogP contribution is 2.21. The van der Waals surface area contributed by atoms with Crippen molar-refractivity contribution in [2.75, 3.05) is 5.32 Å². The number of rotatable bonds is 8. The molecule has 0 atom stereocenters. The van der Waals surface area contributed by atoms with Crippen molar-refractivity contribution in [2.24, 2.45) is 0 Å². The normalized spacial score (nSPS) is 10.8. The van der Waals surface area contributed by atoms with Crippen LogP contribution in [0.25, 0.3) is 0 Å². The van der Waals surface area contributed by atoms with Crippen LogP contribution < -0.4 is 5.32 Å². The Bertz CT molecular complexity index is 1100. The SMILES string of the molecule is CCc1nn(Cc2ccc(NC(=O)c3ccc(Br)cc3C)cc2)c(CC)c1CC(=O)O. The van der Waals surface area contributed by atoms with Crippen LogP contribution in [-0.2, 0) is 30.6 Å². The van der Waals surface area contributed by atoms with E-state index in [2.05, 4.69) is 26.3 Å². The summed E-state index contributed by atoms with van der Waals surface area (Å²) in [5.74, 6) is -0.992. The summed E-state index contributed by atoms with van der Waals surface area (Å²) in [5, 5.41) is 16.8. The summed E-state index contributed by atoms with van der Waals surface area (Å²) >= 11 is 3.41. The van der Waals surface area contributed by atoms with Crippen LogP contribution in [-0.4, -0.2) is 26.8 Å². The first kappa shape index (κ1) is 22.7. The van der Waals surface area contributed by atoms with E-state index in [1.54, 1.807) is 6.07 Å². The van der Waals surface area contributed by atoms with Crippen molar-refractivity contribution in [3.05, 3.63) is 80.6 Å². The molecular weight excluding hydrogens is 458 g/mol. The van der Waals surface area contributed by atoms with Crippen LogP contribution >= 0.6 is 15.9 Å². The fourth-order valence-electron chi connectivity index (χ4n) is 3.70. The van der Waals surface area contributed by atoms with E-state index in [1.807, 2.05) is 61.9 Å². The molecule has 3 aromatic rings. The Hall–Kier alpha value is -2.93. The van der Waals surface area contributed by atoms with Crippen LogP contribution in [0, 0.1) is 6.92 Å². The van der Waals surface area contributed by atoms with Gasteiger partial charge in [-0.05, 0) is 61.2 Å². The van der Waals surface area contributed by atoms with E-state index in [9.17, 15) is 14.7 Å². The minimum Gasteiger partial charge on any atom is -0.481 e. The van der Waals surface area contributed by atoms with Gasteiger partial charge in [-0.15, -0.1) is 0 Å². The molecule has 0 aliphatic rings. The van der Waals surface area contributed by atoms with Gasteiger partial charge in [-0.1, -0.05) is 41.9 Å². The number of aryl methyl sites for hydroxylation is 2. The average Bonchev–Trinajstić information content (AvgIpc) is 3.04. The molecule has 7 heteroatoms. The van der Waals surface area contributed by atoms with Crippen molar-refractivity contribution in [1.82, 2.24) is 9.78 Å². The Morgan fingerprint density at radius 1 is 1.10 bits per heavy atom. The van der Waals surface area contributed by atoms with Gasteiger partial charge in [0.2, 0.25) is 0 Å². The molecule has 1 aromatic heterocycles. The van der Waals surface area contributed by atoms with E-state index < -0.39 is 5.97 Å². The lowest BCUT2D eigenvalue weighted by Crippen LogP contribution is -2.13. The van der Waals surface area contributed by atoms with Crippen molar-refractivity contribution >= 4 is 33.5 Å². The molecule has 2 N–H and O–H groups in total. The number of aliphatic carboxylic acids is 1.